The van der Waals surface area contributed by atoms with Crippen LogP contribution in [0.5, 0.6) is 0 Å². The molecule has 0 bridgehead atoms. The molecule has 2 aromatic carbocycles. The summed E-state index contributed by atoms with van der Waals surface area (Å²) in [6.07, 6.45) is 3.86. The first-order chi connectivity index (χ1) is 10.2. The Hall–Kier alpha value is -2.39. The first kappa shape index (κ1) is 13.6. The van der Waals surface area contributed by atoms with Gasteiger partial charge < -0.3 is 5.73 Å². The molecule has 0 aliphatic rings. The van der Waals surface area contributed by atoms with Crippen molar-refractivity contribution in [2.24, 2.45) is 5.73 Å². The van der Waals surface area contributed by atoms with Crippen LogP contribution >= 0.6 is 0 Å². The molecular weight excluding hydrogens is 258 g/mol. The second-order valence-corrected chi connectivity index (χ2v) is 5.34. The maximum absolute atomic E-state index is 6.46. The van der Waals surface area contributed by atoms with Gasteiger partial charge in [0.05, 0.1) is 17.9 Å². The fourth-order valence-electron chi connectivity index (χ4n) is 2.70. The third kappa shape index (κ3) is 2.60. The van der Waals surface area contributed by atoms with Crippen LogP contribution in [0.3, 0.4) is 0 Å². The van der Waals surface area contributed by atoms with Gasteiger partial charge in [-0.3, -0.25) is 0 Å². The maximum atomic E-state index is 6.46. The molecule has 3 rings (SSSR count). The highest BCUT2D eigenvalue weighted by Crippen LogP contribution is 2.26. The zero-order valence-corrected chi connectivity index (χ0v) is 12.3. The van der Waals surface area contributed by atoms with Crippen LogP contribution < -0.4 is 5.73 Å². The molecule has 106 valence electrons. The van der Waals surface area contributed by atoms with Gasteiger partial charge in [0.15, 0.2) is 0 Å². The van der Waals surface area contributed by atoms with Gasteiger partial charge in [-0.05, 0) is 42.7 Å². The highest BCUT2D eigenvalue weighted by Gasteiger charge is 2.15. The van der Waals surface area contributed by atoms with Crippen LogP contribution in [-0.2, 0) is 0 Å². The standard InChI is InChI=1S/C18H19N3/c1-13-7-6-8-14(2)17(13)18(19)15-11-20-21(12-15)16-9-4-3-5-10-16/h3-12,18H,19H2,1-2H3. The number of hydrogen-bond acceptors (Lipinski definition) is 2. The highest BCUT2D eigenvalue weighted by atomic mass is 15.3. The number of nitrogens with zero attached hydrogens (tertiary/aromatic N) is 2. The Morgan fingerprint density at radius 3 is 2.29 bits per heavy atom. The van der Waals surface area contributed by atoms with E-state index in [0.717, 1.165) is 11.3 Å². The Bertz CT molecular complexity index is 724. The van der Waals surface area contributed by atoms with Gasteiger partial charge in [0.2, 0.25) is 0 Å². The molecular formula is C18H19N3. The minimum atomic E-state index is -0.149. The van der Waals surface area contributed by atoms with Crippen LogP contribution in [0.2, 0.25) is 0 Å². The van der Waals surface area contributed by atoms with Crippen molar-refractivity contribution < 1.29 is 0 Å². The van der Waals surface area contributed by atoms with Crippen molar-refractivity contribution >= 4 is 0 Å². The predicted octanol–water partition coefficient (Wildman–Crippen LogP) is 3.54. The molecule has 1 heterocycles. The second kappa shape index (κ2) is 5.54. The molecule has 1 atom stereocenters. The second-order valence-electron chi connectivity index (χ2n) is 5.34. The summed E-state index contributed by atoms with van der Waals surface area (Å²) < 4.78 is 1.86. The molecule has 3 nitrogen and oxygen atoms in total. The largest absolute Gasteiger partial charge is 0.320 e. The third-order valence-corrected chi connectivity index (χ3v) is 3.84. The van der Waals surface area contributed by atoms with Gasteiger partial charge in [0.25, 0.3) is 0 Å². The van der Waals surface area contributed by atoms with E-state index >= 15 is 0 Å². The summed E-state index contributed by atoms with van der Waals surface area (Å²) in [5.74, 6) is 0. The van der Waals surface area contributed by atoms with Crippen molar-refractivity contribution in [3.05, 3.63) is 83.2 Å². The molecule has 0 aliphatic heterocycles. The number of nitrogens with two attached hydrogens (primary N) is 1. The van der Waals surface area contributed by atoms with Crippen molar-refractivity contribution in [2.45, 2.75) is 19.9 Å². The topological polar surface area (TPSA) is 43.8 Å². The van der Waals surface area contributed by atoms with Crippen LogP contribution in [0, 0.1) is 13.8 Å². The van der Waals surface area contributed by atoms with Crippen LogP contribution in [0.25, 0.3) is 5.69 Å². The zero-order chi connectivity index (χ0) is 14.8. The summed E-state index contributed by atoms with van der Waals surface area (Å²) in [6, 6.07) is 16.2. The number of hydrogen-bond donors (Lipinski definition) is 1. The van der Waals surface area contributed by atoms with Gasteiger partial charge in [0.1, 0.15) is 0 Å². The zero-order valence-electron chi connectivity index (χ0n) is 12.3. The number of para-hydroxylation sites is 1. The van der Waals surface area contributed by atoms with E-state index in [2.05, 4.69) is 37.1 Å². The Morgan fingerprint density at radius 2 is 1.62 bits per heavy atom. The van der Waals surface area contributed by atoms with Gasteiger partial charge >= 0.3 is 0 Å². The Labute approximate surface area is 125 Å². The molecule has 0 saturated heterocycles. The average Bonchev–Trinajstić information content (AvgIpc) is 2.97. The molecule has 0 radical (unpaired) electrons. The van der Waals surface area contributed by atoms with E-state index < -0.39 is 0 Å². The summed E-state index contributed by atoms with van der Waals surface area (Å²) in [5.41, 5.74) is 12.1. The smallest absolute Gasteiger partial charge is 0.0645 e. The lowest BCUT2D eigenvalue weighted by Crippen LogP contribution is -2.14. The third-order valence-electron chi connectivity index (χ3n) is 3.84. The Balaban J connectivity index is 1.97. The van der Waals surface area contributed by atoms with E-state index in [0.29, 0.717) is 0 Å². The van der Waals surface area contributed by atoms with E-state index in [-0.39, 0.29) is 6.04 Å². The Morgan fingerprint density at radius 1 is 0.952 bits per heavy atom. The molecule has 3 heteroatoms. The van der Waals surface area contributed by atoms with Gasteiger partial charge in [-0.1, -0.05) is 36.4 Å². The summed E-state index contributed by atoms with van der Waals surface area (Å²) >= 11 is 0. The highest BCUT2D eigenvalue weighted by molar-refractivity contribution is 5.41. The Kier molecular flexibility index (Phi) is 3.59. The van der Waals surface area contributed by atoms with Gasteiger partial charge in [-0.25, -0.2) is 4.68 Å². The number of aryl methyl sites for hydroxylation is 2. The molecule has 2 N–H and O–H groups in total. The first-order valence-electron chi connectivity index (χ1n) is 7.08. The van der Waals surface area contributed by atoms with Crippen molar-refractivity contribution in [3.8, 4) is 5.69 Å². The molecule has 0 amide bonds. The maximum Gasteiger partial charge on any atom is 0.0645 e. The van der Waals surface area contributed by atoms with Crippen molar-refractivity contribution in [2.75, 3.05) is 0 Å². The van der Waals surface area contributed by atoms with Gasteiger partial charge in [0, 0.05) is 11.8 Å². The molecule has 0 saturated carbocycles. The average molecular weight is 277 g/mol. The normalized spacial score (nSPS) is 12.3. The monoisotopic (exact) mass is 277 g/mol. The van der Waals surface area contributed by atoms with Crippen LogP contribution in [-0.4, -0.2) is 9.78 Å². The van der Waals surface area contributed by atoms with E-state index in [1.165, 1.54) is 16.7 Å². The van der Waals surface area contributed by atoms with Gasteiger partial charge in [-0.15, -0.1) is 0 Å². The van der Waals surface area contributed by atoms with Crippen LogP contribution in [0.15, 0.2) is 60.9 Å². The van der Waals surface area contributed by atoms with Crippen molar-refractivity contribution in [1.82, 2.24) is 9.78 Å². The first-order valence-corrected chi connectivity index (χ1v) is 7.08. The van der Waals surface area contributed by atoms with E-state index in [1.807, 2.05) is 47.4 Å². The predicted molar refractivity (Wildman–Crippen MR) is 85.5 cm³/mol. The molecule has 3 aromatic rings. The van der Waals surface area contributed by atoms with E-state index in [9.17, 15) is 0 Å². The quantitative estimate of drug-likeness (QED) is 0.795. The van der Waals surface area contributed by atoms with E-state index in [4.69, 9.17) is 5.73 Å². The minimum absolute atomic E-state index is 0.149. The van der Waals surface area contributed by atoms with Gasteiger partial charge in [-0.2, -0.15) is 5.10 Å². The molecule has 0 aliphatic carbocycles. The minimum Gasteiger partial charge on any atom is -0.320 e. The number of rotatable bonds is 3. The molecule has 0 fully saturated rings. The lowest BCUT2D eigenvalue weighted by atomic mass is 9.93. The molecule has 1 aromatic heterocycles. The molecule has 21 heavy (non-hydrogen) atoms. The number of aromatic nitrogens is 2. The molecule has 0 spiro atoms. The van der Waals surface area contributed by atoms with Crippen molar-refractivity contribution in [1.29, 1.82) is 0 Å². The lowest BCUT2D eigenvalue weighted by molar-refractivity contribution is 0.847. The number of benzene rings is 2. The molecule has 1 unspecified atom stereocenters. The van der Waals surface area contributed by atoms with Crippen molar-refractivity contribution in [3.63, 3.8) is 0 Å². The lowest BCUT2D eigenvalue weighted by Gasteiger charge is -2.16. The summed E-state index contributed by atoms with van der Waals surface area (Å²) in [5, 5.41) is 4.43. The fourth-order valence-corrected chi connectivity index (χ4v) is 2.70. The van der Waals surface area contributed by atoms with E-state index in [1.54, 1.807) is 0 Å². The SMILES string of the molecule is Cc1cccc(C)c1C(N)c1cnn(-c2ccccc2)c1. The van der Waals surface area contributed by atoms with Crippen LogP contribution in [0.4, 0.5) is 0 Å². The fraction of sp³-hybridized carbons (Fsp3) is 0.167. The summed E-state index contributed by atoms with van der Waals surface area (Å²) in [6.45, 7) is 4.20. The summed E-state index contributed by atoms with van der Waals surface area (Å²) in [7, 11) is 0. The summed E-state index contributed by atoms with van der Waals surface area (Å²) in [4.78, 5) is 0. The van der Waals surface area contributed by atoms with Crippen LogP contribution in [0.1, 0.15) is 28.3 Å².